The van der Waals surface area contributed by atoms with E-state index in [0.717, 1.165) is 11.3 Å². The van der Waals surface area contributed by atoms with Crippen LogP contribution in [0.2, 0.25) is 5.02 Å². The second kappa shape index (κ2) is 5.92. The summed E-state index contributed by atoms with van der Waals surface area (Å²) in [4.78, 5) is 1.94. The molecule has 0 spiro atoms. The first kappa shape index (κ1) is 14.3. The van der Waals surface area contributed by atoms with Crippen LogP contribution < -0.4 is 10.6 Å². The van der Waals surface area contributed by atoms with Crippen LogP contribution in [0.5, 0.6) is 0 Å². The van der Waals surface area contributed by atoms with Gasteiger partial charge in [-0.1, -0.05) is 23.7 Å². The highest BCUT2D eigenvalue weighted by Crippen LogP contribution is 2.24. The lowest BCUT2D eigenvalue weighted by Crippen LogP contribution is -2.22. The highest BCUT2D eigenvalue weighted by atomic mass is 35.5. The molecule has 0 atom stereocenters. The Morgan fingerprint density at radius 3 is 2.50 bits per heavy atom. The summed E-state index contributed by atoms with van der Waals surface area (Å²) in [5.41, 5.74) is 7.95. The van der Waals surface area contributed by atoms with Crippen molar-refractivity contribution >= 4 is 23.1 Å². The molecular weight excluding hydrogens is 277 g/mol. The van der Waals surface area contributed by atoms with Gasteiger partial charge < -0.3 is 10.6 Å². The minimum atomic E-state index is -0.257. The monoisotopic (exact) mass is 291 g/mol. The molecule has 2 aromatic carbocycles. The molecule has 0 saturated heterocycles. The van der Waals surface area contributed by atoms with Gasteiger partial charge in [-0.15, -0.1) is 0 Å². The average molecular weight is 292 g/mol. The minimum absolute atomic E-state index is 0.0338. The smallest absolute Gasteiger partial charge is 0.124 e. The van der Waals surface area contributed by atoms with Gasteiger partial charge in [0.1, 0.15) is 11.7 Å². The largest absolute Gasteiger partial charge is 0.384 e. The second-order valence-electron chi connectivity index (χ2n) is 4.56. The van der Waals surface area contributed by atoms with Crippen LogP contribution in [0.3, 0.4) is 0 Å². The van der Waals surface area contributed by atoms with Gasteiger partial charge in [0.25, 0.3) is 0 Å². The Bertz CT molecular complexity index is 626. The Balaban J connectivity index is 2.27. The van der Waals surface area contributed by atoms with Crippen LogP contribution in [-0.4, -0.2) is 12.9 Å². The van der Waals surface area contributed by atoms with Gasteiger partial charge in [-0.2, -0.15) is 0 Å². The molecule has 0 aliphatic rings. The molecule has 0 amide bonds. The number of hydrogen-bond acceptors (Lipinski definition) is 2. The van der Waals surface area contributed by atoms with Gasteiger partial charge >= 0.3 is 0 Å². The van der Waals surface area contributed by atoms with E-state index in [2.05, 4.69) is 0 Å². The first-order valence-corrected chi connectivity index (χ1v) is 6.44. The van der Waals surface area contributed by atoms with Crippen molar-refractivity contribution in [1.29, 1.82) is 5.41 Å². The van der Waals surface area contributed by atoms with Gasteiger partial charge in [0, 0.05) is 29.9 Å². The van der Waals surface area contributed by atoms with E-state index in [4.69, 9.17) is 22.7 Å². The maximum absolute atomic E-state index is 12.9. The zero-order chi connectivity index (χ0) is 14.7. The van der Waals surface area contributed by atoms with E-state index in [-0.39, 0.29) is 11.7 Å². The van der Waals surface area contributed by atoms with Crippen molar-refractivity contribution in [2.75, 3.05) is 11.9 Å². The molecule has 2 rings (SSSR count). The number of nitrogens with one attached hydrogen (secondary N) is 1. The van der Waals surface area contributed by atoms with Crippen LogP contribution in [0.1, 0.15) is 11.1 Å². The number of benzene rings is 2. The predicted molar refractivity (Wildman–Crippen MR) is 81.0 cm³/mol. The SMILES string of the molecule is CN(Cc1ccc(F)cc1)c1ccc(Cl)cc1C(=N)N. The molecule has 5 heteroatoms. The zero-order valence-electron chi connectivity index (χ0n) is 11.0. The number of rotatable bonds is 4. The molecule has 104 valence electrons. The lowest BCUT2D eigenvalue weighted by molar-refractivity contribution is 0.627. The molecule has 0 unspecified atom stereocenters. The van der Waals surface area contributed by atoms with Gasteiger partial charge in [0.2, 0.25) is 0 Å². The number of nitrogen functional groups attached to an aromatic ring is 1. The summed E-state index contributed by atoms with van der Waals surface area (Å²) in [5, 5.41) is 8.15. The molecule has 3 nitrogen and oxygen atoms in total. The fraction of sp³-hybridized carbons (Fsp3) is 0.133. The van der Waals surface area contributed by atoms with Crippen LogP contribution in [0.25, 0.3) is 0 Å². The Morgan fingerprint density at radius 2 is 1.90 bits per heavy atom. The van der Waals surface area contributed by atoms with Crippen LogP contribution in [-0.2, 0) is 6.54 Å². The van der Waals surface area contributed by atoms with Crippen molar-refractivity contribution in [2.24, 2.45) is 5.73 Å². The number of amidine groups is 1. The fourth-order valence-corrected chi connectivity index (χ4v) is 2.18. The van der Waals surface area contributed by atoms with Gasteiger partial charge in [-0.25, -0.2) is 4.39 Å². The summed E-state index contributed by atoms with van der Waals surface area (Å²) < 4.78 is 12.9. The molecule has 0 heterocycles. The van der Waals surface area contributed by atoms with E-state index in [1.54, 1.807) is 24.3 Å². The van der Waals surface area contributed by atoms with Gasteiger partial charge in [-0.05, 0) is 35.9 Å². The Morgan fingerprint density at radius 1 is 1.25 bits per heavy atom. The van der Waals surface area contributed by atoms with Crippen molar-refractivity contribution < 1.29 is 4.39 Å². The summed E-state index contributed by atoms with van der Waals surface area (Å²) in [6.07, 6.45) is 0. The Hall–Kier alpha value is -2.07. The summed E-state index contributed by atoms with van der Waals surface area (Å²) >= 11 is 5.93. The summed E-state index contributed by atoms with van der Waals surface area (Å²) in [5.74, 6) is -0.291. The first-order valence-electron chi connectivity index (χ1n) is 6.07. The Labute approximate surface area is 122 Å². The molecular formula is C15H15ClFN3. The van der Waals surface area contributed by atoms with Gasteiger partial charge in [0.05, 0.1) is 0 Å². The minimum Gasteiger partial charge on any atom is -0.384 e. The summed E-state index contributed by atoms with van der Waals surface area (Å²) in [6, 6.07) is 11.6. The zero-order valence-corrected chi connectivity index (χ0v) is 11.8. The van der Waals surface area contributed by atoms with Gasteiger partial charge in [0.15, 0.2) is 0 Å². The summed E-state index contributed by atoms with van der Waals surface area (Å²) in [7, 11) is 1.89. The van der Waals surface area contributed by atoms with Crippen LogP contribution in [0.4, 0.5) is 10.1 Å². The highest BCUT2D eigenvalue weighted by molar-refractivity contribution is 6.31. The third-order valence-electron chi connectivity index (χ3n) is 2.99. The lowest BCUT2D eigenvalue weighted by atomic mass is 10.1. The second-order valence-corrected chi connectivity index (χ2v) is 4.99. The number of halogens is 2. The van der Waals surface area contributed by atoms with Crippen molar-refractivity contribution in [1.82, 2.24) is 0 Å². The Kier molecular flexibility index (Phi) is 4.25. The molecule has 0 bridgehead atoms. The number of anilines is 1. The van der Waals surface area contributed by atoms with E-state index in [1.807, 2.05) is 18.0 Å². The third kappa shape index (κ3) is 3.27. The topological polar surface area (TPSA) is 53.1 Å². The highest BCUT2D eigenvalue weighted by Gasteiger charge is 2.11. The molecule has 3 N–H and O–H groups in total. The molecule has 0 fully saturated rings. The number of nitrogens with two attached hydrogens (primary N) is 1. The van der Waals surface area contributed by atoms with Crippen LogP contribution in [0, 0.1) is 11.2 Å². The maximum atomic E-state index is 12.9. The third-order valence-corrected chi connectivity index (χ3v) is 3.23. The van der Waals surface area contributed by atoms with Crippen molar-refractivity contribution in [3.63, 3.8) is 0 Å². The molecule has 0 aromatic heterocycles. The molecule has 0 aliphatic heterocycles. The molecule has 2 aromatic rings. The molecule has 0 radical (unpaired) electrons. The van der Waals surface area contributed by atoms with Crippen LogP contribution in [0.15, 0.2) is 42.5 Å². The standard InChI is InChI=1S/C15H15ClFN3/c1-20(9-10-2-5-12(17)6-3-10)14-7-4-11(16)8-13(14)15(18)19/h2-8H,9H2,1H3,(H3,18,19). The molecule has 0 saturated carbocycles. The lowest BCUT2D eigenvalue weighted by Gasteiger charge is -2.22. The quantitative estimate of drug-likeness (QED) is 0.670. The van der Waals surface area contributed by atoms with Crippen molar-refractivity contribution in [2.45, 2.75) is 6.54 Å². The average Bonchev–Trinajstić information content (AvgIpc) is 2.41. The van der Waals surface area contributed by atoms with Crippen molar-refractivity contribution in [3.05, 3.63) is 64.4 Å². The molecule has 20 heavy (non-hydrogen) atoms. The predicted octanol–water partition coefficient (Wildman–Crippen LogP) is 3.40. The van der Waals surface area contributed by atoms with E-state index in [9.17, 15) is 4.39 Å². The molecule has 0 aliphatic carbocycles. The normalized spacial score (nSPS) is 10.3. The van der Waals surface area contributed by atoms with E-state index in [0.29, 0.717) is 17.1 Å². The van der Waals surface area contributed by atoms with E-state index in [1.165, 1.54) is 12.1 Å². The summed E-state index contributed by atoms with van der Waals surface area (Å²) in [6.45, 7) is 0.586. The first-order chi connectivity index (χ1) is 9.47. The van der Waals surface area contributed by atoms with Crippen molar-refractivity contribution in [3.8, 4) is 0 Å². The van der Waals surface area contributed by atoms with E-state index < -0.39 is 0 Å². The van der Waals surface area contributed by atoms with Crippen LogP contribution >= 0.6 is 11.6 Å². The maximum Gasteiger partial charge on any atom is 0.124 e. The number of nitrogens with zero attached hydrogens (tertiary/aromatic N) is 1. The van der Waals surface area contributed by atoms with Gasteiger partial charge in [-0.3, -0.25) is 5.41 Å². The number of hydrogen-bond donors (Lipinski definition) is 2. The fourth-order valence-electron chi connectivity index (χ4n) is 2.01. The van der Waals surface area contributed by atoms with E-state index >= 15 is 0 Å².